The molecule has 0 bridgehead atoms. The average Bonchev–Trinajstić information content (AvgIpc) is 2.89. The first-order chi connectivity index (χ1) is 9.63. The molecule has 1 unspecified atom stereocenters. The van der Waals surface area contributed by atoms with Crippen LogP contribution in [-0.2, 0) is 17.6 Å². The zero-order valence-electron chi connectivity index (χ0n) is 11.6. The molecule has 0 aliphatic heterocycles. The van der Waals surface area contributed by atoms with Gasteiger partial charge in [0.25, 0.3) is 0 Å². The Bertz CT molecular complexity index is 551. The Kier molecular flexibility index (Phi) is 5.18. The van der Waals surface area contributed by atoms with Gasteiger partial charge in [-0.15, -0.1) is 0 Å². The van der Waals surface area contributed by atoms with Crippen molar-refractivity contribution in [2.45, 2.75) is 32.2 Å². The Hall–Kier alpha value is -1.81. The summed E-state index contributed by atoms with van der Waals surface area (Å²) in [6.45, 7) is 2.04. The number of hydrogen-bond acceptors (Lipinski definition) is 3. The maximum Gasteiger partial charge on any atom is 0.220 e. The van der Waals surface area contributed by atoms with Gasteiger partial charge in [0.15, 0.2) is 0 Å². The minimum atomic E-state index is 0.0927. The molecule has 1 atom stereocenters. The molecule has 0 saturated heterocycles. The van der Waals surface area contributed by atoms with Crippen LogP contribution in [0.3, 0.4) is 0 Å². The molecule has 2 aromatic rings. The van der Waals surface area contributed by atoms with Crippen LogP contribution in [0.4, 0.5) is 5.69 Å². The summed E-state index contributed by atoms with van der Waals surface area (Å²) in [5.74, 6) is 0.0927. The lowest BCUT2D eigenvalue weighted by atomic mass is 10.1. The van der Waals surface area contributed by atoms with Gasteiger partial charge in [-0.05, 0) is 59.9 Å². The number of benzene rings is 1. The maximum absolute atomic E-state index is 11.9. The molecule has 1 aromatic carbocycles. The zero-order valence-corrected chi connectivity index (χ0v) is 12.5. The predicted molar refractivity (Wildman–Crippen MR) is 84.8 cm³/mol. The first kappa shape index (κ1) is 14.6. The average molecular weight is 288 g/mol. The van der Waals surface area contributed by atoms with Crippen molar-refractivity contribution >= 4 is 22.9 Å². The van der Waals surface area contributed by atoms with E-state index in [0.717, 1.165) is 24.1 Å². The molecule has 3 N–H and O–H groups in total. The lowest BCUT2D eigenvalue weighted by Gasteiger charge is -2.13. The van der Waals surface area contributed by atoms with Crippen molar-refractivity contribution in [3.05, 3.63) is 52.2 Å². The van der Waals surface area contributed by atoms with E-state index in [0.29, 0.717) is 6.42 Å². The fourth-order valence-corrected chi connectivity index (χ4v) is 2.85. The third kappa shape index (κ3) is 4.70. The van der Waals surface area contributed by atoms with E-state index in [1.54, 1.807) is 11.3 Å². The quantitative estimate of drug-likeness (QED) is 0.803. The van der Waals surface area contributed by atoms with Crippen molar-refractivity contribution in [3.8, 4) is 0 Å². The van der Waals surface area contributed by atoms with Crippen molar-refractivity contribution in [2.75, 3.05) is 5.73 Å². The lowest BCUT2D eigenvalue weighted by molar-refractivity contribution is -0.121. The van der Waals surface area contributed by atoms with Crippen LogP contribution in [0.5, 0.6) is 0 Å². The number of anilines is 1. The van der Waals surface area contributed by atoms with Crippen LogP contribution < -0.4 is 11.1 Å². The topological polar surface area (TPSA) is 55.1 Å². The summed E-state index contributed by atoms with van der Waals surface area (Å²) >= 11 is 1.68. The molecule has 4 heteroatoms. The Morgan fingerprint density at radius 3 is 2.90 bits per heavy atom. The Labute approximate surface area is 123 Å². The van der Waals surface area contributed by atoms with Gasteiger partial charge in [-0.2, -0.15) is 11.3 Å². The first-order valence-electron chi connectivity index (χ1n) is 6.78. The molecule has 0 spiro atoms. The summed E-state index contributed by atoms with van der Waals surface area (Å²) in [5, 5.41) is 7.22. The Balaban J connectivity index is 1.75. The summed E-state index contributed by atoms with van der Waals surface area (Å²) in [7, 11) is 0. The van der Waals surface area contributed by atoms with E-state index in [1.165, 1.54) is 5.56 Å². The van der Waals surface area contributed by atoms with E-state index in [4.69, 9.17) is 5.73 Å². The van der Waals surface area contributed by atoms with Crippen LogP contribution in [-0.4, -0.2) is 11.9 Å². The number of rotatable bonds is 6. The molecule has 1 heterocycles. The summed E-state index contributed by atoms with van der Waals surface area (Å²) < 4.78 is 0. The van der Waals surface area contributed by atoms with Crippen molar-refractivity contribution in [2.24, 2.45) is 0 Å². The molecule has 0 aliphatic rings. The highest BCUT2D eigenvalue weighted by molar-refractivity contribution is 7.07. The van der Waals surface area contributed by atoms with E-state index in [9.17, 15) is 4.79 Å². The number of aryl methyl sites for hydroxylation is 1. The molecule has 106 valence electrons. The molecule has 2 rings (SSSR count). The normalized spacial score (nSPS) is 12.1. The second-order valence-corrected chi connectivity index (χ2v) is 5.83. The number of amides is 1. The molecular weight excluding hydrogens is 268 g/mol. The monoisotopic (exact) mass is 288 g/mol. The standard InChI is InChI=1S/C16H20N2OS/c1-12(9-14-7-8-20-11-14)18-16(19)6-5-13-3-2-4-15(17)10-13/h2-4,7-8,10-12H,5-6,9,17H2,1H3,(H,18,19). The summed E-state index contributed by atoms with van der Waals surface area (Å²) in [5.41, 5.74) is 8.85. The van der Waals surface area contributed by atoms with Crippen molar-refractivity contribution in [3.63, 3.8) is 0 Å². The van der Waals surface area contributed by atoms with Crippen LogP contribution in [0, 0.1) is 0 Å². The second kappa shape index (κ2) is 7.10. The second-order valence-electron chi connectivity index (χ2n) is 5.05. The molecule has 20 heavy (non-hydrogen) atoms. The van der Waals surface area contributed by atoms with Crippen LogP contribution >= 0.6 is 11.3 Å². The van der Waals surface area contributed by atoms with Gasteiger partial charge in [-0.25, -0.2) is 0 Å². The van der Waals surface area contributed by atoms with Gasteiger partial charge in [0.2, 0.25) is 5.91 Å². The fraction of sp³-hybridized carbons (Fsp3) is 0.312. The zero-order chi connectivity index (χ0) is 14.4. The number of carbonyl (C=O) groups is 1. The lowest BCUT2D eigenvalue weighted by Crippen LogP contribution is -2.34. The van der Waals surface area contributed by atoms with Gasteiger partial charge >= 0.3 is 0 Å². The molecule has 3 nitrogen and oxygen atoms in total. The highest BCUT2D eigenvalue weighted by Gasteiger charge is 2.08. The predicted octanol–water partition coefficient (Wildman–Crippen LogP) is 3.01. The number of thiophene rings is 1. The number of nitrogens with one attached hydrogen (secondary N) is 1. The van der Waals surface area contributed by atoms with Crippen molar-refractivity contribution in [1.29, 1.82) is 0 Å². The van der Waals surface area contributed by atoms with Crippen LogP contribution in [0.1, 0.15) is 24.5 Å². The molecule has 1 aromatic heterocycles. The van der Waals surface area contributed by atoms with Crippen molar-refractivity contribution < 1.29 is 4.79 Å². The number of nitrogens with two attached hydrogens (primary N) is 1. The first-order valence-corrected chi connectivity index (χ1v) is 7.72. The van der Waals surface area contributed by atoms with E-state index < -0.39 is 0 Å². The fourth-order valence-electron chi connectivity index (χ4n) is 2.17. The van der Waals surface area contributed by atoms with E-state index in [-0.39, 0.29) is 11.9 Å². The van der Waals surface area contributed by atoms with Crippen LogP contribution in [0.2, 0.25) is 0 Å². The highest BCUT2D eigenvalue weighted by Crippen LogP contribution is 2.10. The molecule has 0 fully saturated rings. The Morgan fingerprint density at radius 1 is 1.35 bits per heavy atom. The SMILES string of the molecule is CC(Cc1ccsc1)NC(=O)CCc1cccc(N)c1. The summed E-state index contributed by atoms with van der Waals surface area (Å²) in [6, 6.07) is 9.95. The molecule has 0 radical (unpaired) electrons. The highest BCUT2D eigenvalue weighted by atomic mass is 32.1. The van der Waals surface area contributed by atoms with E-state index >= 15 is 0 Å². The van der Waals surface area contributed by atoms with Crippen molar-refractivity contribution in [1.82, 2.24) is 5.32 Å². The number of hydrogen-bond donors (Lipinski definition) is 2. The maximum atomic E-state index is 11.9. The number of carbonyl (C=O) groups excluding carboxylic acids is 1. The molecule has 0 aliphatic carbocycles. The summed E-state index contributed by atoms with van der Waals surface area (Å²) in [6.07, 6.45) is 2.10. The van der Waals surface area contributed by atoms with Gasteiger partial charge < -0.3 is 11.1 Å². The largest absolute Gasteiger partial charge is 0.399 e. The third-order valence-electron chi connectivity index (χ3n) is 3.12. The van der Waals surface area contributed by atoms with Gasteiger partial charge in [-0.1, -0.05) is 12.1 Å². The van der Waals surface area contributed by atoms with Gasteiger partial charge in [0, 0.05) is 18.2 Å². The van der Waals surface area contributed by atoms with Gasteiger partial charge in [0.05, 0.1) is 0 Å². The van der Waals surface area contributed by atoms with Crippen LogP contribution in [0.25, 0.3) is 0 Å². The minimum absolute atomic E-state index is 0.0927. The molecular formula is C16H20N2OS. The minimum Gasteiger partial charge on any atom is -0.399 e. The molecule has 1 amide bonds. The number of nitrogen functional groups attached to an aromatic ring is 1. The third-order valence-corrected chi connectivity index (χ3v) is 3.85. The summed E-state index contributed by atoms with van der Waals surface area (Å²) in [4.78, 5) is 11.9. The van der Waals surface area contributed by atoms with E-state index in [2.05, 4.69) is 22.1 Å². The smallest absolute Gasteiger partial charge is 0.220 e. The Morgan fingerprint density at radius 2 is 2.20 bits per heavy atom. The molecule has 0 saturated carbocycles. The van der Waals surface area contributed by atoms with E-state index in [1.807, 2.05) is 31.2 Å². The van der Waals surface area contributed by atoms with Gasteiger partial charge in [-0.3, -0.25) is 4.79 Å². The van der Waals surface area contributed by atoms with Gasteiger partial charge in [0.1, 0.15) is 0 Å². The van der Waals surface area contributed by atoms with Crippen LogP contribution in [0.15, 0.2) is 41.1 Å².